The Balaban J connectivity index is 1.22. The van der Waals surface area contributed by atoms with Gasteiger partial charge in [0, 0.05) is 12.3 Å². The number of rotatable bonds is 6. The van der Waals surface area contributed by atoms with Crippen molar-refractivity contribution < 1.29 is 37.3 Å². The maximum absolute atomic E-state index is 13.0. The summed E-state index contributed by atoms with van der Waals surface area (Å²) in [6, 6.07) is 19.3. The summed E-state index contributed by atoms with van der Waals surface area (Å²) in [5.74, 6) is -1.33. The van der Waals surface area contributed by atoms with Gasteiger partial charge in [0.2, 0.25) is 0 Å². The Labute approximate surface area is 211 Å². The zero-order valence-electron chi connectivity index (χ0n) is 19.6. The Morgan fingerprint density at radius 3 is 2.08 bits per heavy atom. The molecule has 6 nitrogen and oxygen atoms in total. The summed E-state index contributed by atoms with van der Waals surface area (Å²) < 4.78 is 49.7. The Morgan fingerprint density at radius 1 is 0.919 bits per heavy atom. The molecular weight excluding hydrogens is 487 g/mol. The lowest BCUT2D eigenvalue weighted by atomic mass is 9.98. The number of carboxylic acids is 1. The number of halogens is 3. The molecule has 0 bridgehead atoms. The molecule has 3 aromatic carbocycles. The number of hydrogen-bond donors (Lipinski definition) is 1. The van der Waals surface area contributed by atoms with Gasteiger partial charge in [0.1, 0.15) is 12.6 Å². The van der Waals surface area contributed by atoms with Crippen LogP contribution in [0.3, 0.4) is 0 Å². The molecule has 37 heavy (non-hydrogen) atoms. The first kappa shape index (κ1) is 24.8. The quantitative estimate of drug-likeness (QED) is 0.460. The highest BCUT2D eigenvalue weighted by atomic mass is 19.4. The third-order valence-electron chi connectivity index (χ3n) is 6.89. The lowest BCUT2D eigenvalue weighted by Crippen LogP contribution is -2.41. The number of carbonyl (C=O) groups is 2. The molecule has 1 N–H and O–H groups in total. The highest BCUT2D eigenvalue weighted by Crippen LogP contribution is 2.44. The third-order valence-corrected chi connectivity index (χ3v) is 6.89. The average Bonchev–Trinajstić information content (AvgIpc) is 3.46. The van der Waals surface area contributed by atoms with E-state index in [4.69, 9.17) is 9.47 Å². The number of carbonyl (C=O) groups excluding carboxylic acids is 1. The molecule has 192 valence electrons. The first-order valence-corrected chi connectivity index (χ1v) is 11.8. The van der Waals surface area contributed by atoms with Crippen LogP contribution in [-0.2, 0) is 27.1 Å². The molecule has 1 aliphatic heterocycles. The van der Waals surface area contributed by atoms with Gasteiger partial charge in [0.05, 0.1) is 24.8 Å². The monoisotopic (exact) mass is 511 g/mol. The van der Waals surface area contributed by atoms with Crippen LogP contribution >= 0.6 is 0 Å². The van der Waals surface area contributed by atoms with E-state index >= 15 is 0 Å². The zero-order chi connectivity index (χ0) is 26.2. The summed E-state index contributed by atoms with van der Waals surface area (Å²) >= 11 is 0. The average molecular weight is 511 g/mol. The van der Waals surface area contributed by atoms with E-state index in [0.29, 0.717) is 5.56 Å². The second-order valence-electron chi connectivity index (χ2n) is 9.17. The van der Waals surface area contributed by atoms with Gasteiger partial charge < -0.3 is 14.6 Å². The van der Waals surface area contributed by atoms with Crippen molar-refractivity contribution in [1.29, 1.82) is 0 Å². The molecule has 9 heteroatoms. The van der Waals surface area contributed by atoms with Crippen molar-refractivity contribution in [2.45, 2.75) is 37.3 Å². The van der Waals surface area contributed by atoms with Gasteiger partial charge in [-0.15, -0.1) is 0 Å². The summed E-state index contributed by atoms with van der Waals surface area (Å²) in [5, 5.41) is 9.67. The number of fused-ring (bicyclic) bond motifs is 3. The van der Waals surface area contributed by atoms with Crippen LogP contribution in [0.5, 0.6) is 0 Å². The molecule has 1 amide bonds. The summed E-state index contributed by atoms with van der Waals surface area (Å²) in [4.78, 5) is 26.0. The predicted octanol–water partition coefficient (Wildman–Crippen LogP) is 5.70. The number of ether oxygens (including phenoxy) is 2. The van der Waals surface area contributed by atoms with Gasteiger partial charge in [-0.25, -0.2) is 9.59 Å². The second-order valence-corrected chi connectivity index (χ2v) is 9.17. The van der Waals surface area contributed by atoms with Crippen LogP contribution in [-0.4, -0.2) is 47.4 Å². The molecule has 0 unspecified atom stereocenters. The van der Waals surface area contributed by atoms with Crippen molar-refractivity contribution in [3.05, 3.63) is 95.1 Å². The van der Waals surface area contributed by atoms with Gasteiger partial charge >= 0.3 is 18.2 Å². The largest absolute Gasteiger partial charge is 0.480 e. The van der Waals surface area contributed by atoms with Crippen LogP contribution in [0.1, 0.15) is 34.6 Å². The molecule has 0 aromatic heterocycles. The number of nitrogens with zero attached hydrogens (tertiary/aromatic N) is 1. The van der Waals surface area contributed by atoms with Crippen LogP contribution in [0.2, 0.25) is 0 Å². The Bertz CT molecular complexity index is 1260. The maximum Gasteiger partial charge on any atom is 0.416 e. The van der Waals surface area contributed by atoms with Crippen molar-refractivity contribution in [1.82, 2.24) is 4.90 Å². The van der Waals surface area contributed by atoms with Gasteiger partial charge in [-0.05, 0) is 39.9 Å². The standard InChI is InChI=1S/C28H24F3NO5/c29-28(30,31)18-11-9-17(10-12-18)15-36-19-13-25(26(33)34)32(14-19)27(35)37-16-24-22-7-3-1-5-20(22)21-6-2-4-8-23(21)24/h1-12,19,24-25H,13-16H2,(H,33,34)/t19-,25+/m1/s1. The highest BCUT2D eigenvalue weighted by Gasteiger charge is 2.42. The highest BCUT2D eigenvalue weighted by molar-refractivity contribution is 5.81. The topological polar surface area (TPSA) is 76.1 Å². The van der Waals surface area contributed by atoms with E-state index in [2.05, 4.69) is 0 Å². The summed E-state index contributed by atoms with van der Waals surface area (Å²) in [5.41, 5.74) is 4.01. The minimum Gasteiger partial charge on any atom is -0.480 e. The van der Waals surface area contributed by atoms with Crippen LogP contribution in [0.25, 0.3) is 11.1 Å². The van der Waals surface area contributed by atoms with Crippen molar-refractivity contribution in [3.8, 4) is 11.1 Å². The van der Waals surface area contributed by atoms with Gasteiger partial charge in [0.25, 0.3) is 0 Å². The number of amides is 1. The number of aliphatic carboxylic acids is 1. The Kier molecular flexibility index (Phi) is 6.64. The lowest BCUT2D eigenvalue weighted by molar-refractivity contribution is -0.141. The number of hydrogen-bond acceptors (Lipinski definition) is 4. The molecule has 2 aliphatic rings. The lowest BCUT2D eigenvalue weighted by Gasteiger charge is -2.22. The molecule has 1 heterocycles. The van der Waals surface area contributed by atoms with Crippen molar-refractivity contribution in [2.75, 3.05) is 13.2 Å². The molecule has 1 saturated heterocycles. The van der Waals surface area contributed by atoms with E-state index in [1.165, 1.54) is 12.1 Å². The molecule has 2 atom stereocenters. The van der Waals surface area contributed by atoms with E-state index in [1.54, 1.807) is 0 Å². The SMILES string of the molecule is O=C(O)[C@@H]1C[C@@H](OCc2ccc(C(F)(F)F)cc2)CN1C(=O)OCC1c2ccccc2-c2ccccc21. The first-order chi connectivity index (χ1) is 17.7. The normalized spacial score (nSPS) is 18.9. The summed E-state index contributed by atoms with van der Waals surface area (Å²) in [6.45, 7) is 0.0642. The Morgan fingerprint density at radius 2 is 1.51 bits per heavy atom. The fourth-order valence-electron chi connectivity index (χ4n) is 5.04. The number of benzene rings is 3. The third kappa shape index (κ3) is 5.04. The molecule has 3 aromatic rings. The molecule has 1 aliphatic carbocycles. The summed E-state index contributed by atoms with van der Waals surface area (Å²) in [7, 11) is 0. The van der Waals surface area contributed by atoms with E-state index < -0.39 is 35.9 Å². The summed E-state index contributed by atoms with van der Waals surface area (Å²) in [6.07, 6.45) is -5.71. The van der Waals surface area contributed by atoms with E-state index in [9.17, 15) is 27.9 Å². The fraction of sp³-hybridized carbons (Fsp3) is 0.286. The van der Waals surface area contributed by atoms with E-state index in [-0.39, 0.29) is 32.1 Å². The molecular formula is C28H24F3NO5. The van der Waals surface area contributed by atoms with Gasteiger partial charge in [0.15, 0.2) is 0 Å². The fourth-order valence-corrected chi connectivity index (χ4v) is 5.04. The van der Waals surface area contributed by atoms with Crippen molar-refractivity contribution in [3.63, 3.8) is 0 Å². The number of likely N-dealkylation sites (tertiary alicyclic amines) is 1. The minimum absolute atomic E-state index is 0.00628. The second kappa shape index (κ2) is 9.89. The molecule has 0 radical (unpaired) electrons. The van der Waals surface area contributed by atoms with Gasteiger partial charge in [-0.3, -0.25) is 4.90 Å². The smallest absolute Gasteiger partial charge is 0.416 e. The maximum atomic E-state index is 13.0. The van der Waals surface area contributed by atoms with Crippen LogP contribution in [0.15, 0.2) is 72.8 Å². The van der Waals surface area contributed by atoms with Crippen LogP contribution in [0, 0.1) is 0 Å². The molecule has 1 fully saturated rings. The zero-order valence-corrected chi connectivity index (χ0v) is 19.6. The first-order valence-electron chi connectivity index (χ1n) is 11.8. The van der Waals surface area contributed by atoms with Crippen LogP contribution in [0.4, 0.5) is 18.0 Å². The predicted molar refractivity (Wildman–Crippen MR) is 128 cm³/mol. The van der Waals surface area contributed by atoms with Gasteiger partial charge in [-0.2, -0.15) is 13.2 Å². The molecule has 5 rings (SSSR count). The van der Waals surface area contributed by atoms with E-state index in [0.717, 1.165) is 39.3 Å². The molecule has 0 spiro atoms. The van der Waals surface area contributed by atoms with Crippen molar-refractivity contribution >= 4 is 12.1 Å². The molecule has 0 saturated carbocycles. The van der Waals surface area contributed by atoms with Gasteiger partial charge in [-0.1, -0.05) is 60.7 Å². The Hall–Kier alpha value is -3.85. The van der Waals surface area contributed by atoms with E-state index in [1.807, 2.05) is 48.5 Å². The minimum atomic E-state index is -4.43. The number of carboxylic acid groups (broad SMARTS) is 1. The van der Waals surface area contributed by atoms with Crippen molar-refractivity contribution in [2.24, 2.45) is 0 Å². The number of alkyl halides is 3. The van der Waals surface area contributed by atoms with Crippen LogP contribution < -0.4 is 0 Å².